The lowest BCUT2D eigenvalue weighted by atomic mass is 10.1. The average Bonchev–Trinajstić information content (AvgIpc) is 2.27. The largest absolute Gasteiger partial charge is 0.419 e. The molecule has 0 unspecified atom stereocenters. The summed E-state index contributed by atoms with van der Waals surface area (Å²) in [6.45, 7) is -0.184. The number of nitrogens with zero attached hydrogens (tertiary/aromatic N) is 1. The molecule has 4 nitrogen and oxygen atoms in total. The quantitative estimate of drug-likeness (QED) is 0.865. The second-order valence-corrected chi connectivity index (χ2v) is 6.30. The van der Waals surface area contributed by atoms with Crippen LogP contribution in [0.1, 0.15) is 11.1 Å². The van der Waals surface area contributed by atoms with E-state index in [0.717, 1.165) is 6.26 Å². The van der Waals surface area contributed by atoms with Crippen LogP contribution in [0.4, 0.5) is 23.2 Å². The zero-order valence-electron chi connectivity index (χ0n) is 10.3. The maximum Gasteiger partial charge on any atom is 0.419 e. The SMILES string of the molecule is CS(=O)(=O)CCNc1cc(C(F)(F)F)c(F)cc1C#N. The van der Waals surface area contributed by atoms with Crippen molar-refractivity contribution in [3.63, 3.8) is 0 Å². The first kappa shape index (κ1) is 16.2. The molecule has 0 atom stereocenters. The number of hydrogen-bond donors (Lipinski definition) is 1. The summed E-state index contributed by atoms with van der Waals surface area (Å²) in [7, 11) is -3.30. The van der Waals surface area contributed by atoms with Crippen molar-refractivity contribution in [2.75, 3.05) is 23.9 Å². The number of anilines is 1. The van der Waals surface area contributed by atoms with E-state index >= 15 is 0 Å². The van der Waals surface area contributed by atoms with E-state index in [1.165, 1.54) is 0 Å². The van der Waals surface area contributed by atoms with E-state index in [1.54, 1.807) is 6.07 Å². The summed E-state index contributed by atoms with van der Waals surface area (Å²) in [4.78, 5) is 0. The Hall–Kier alpha value is -1.82. The summed E-state index contributed by atoms with van der Waals surface area (Å²) >= 11 is 0. The van der Waals surface area contributed by atoms with Crippen LogP contribution in [-0.4, -0.2) is 27.0 Å². The van der Waals surface area contributed by atoms with Gasteiger partial charge in [-0.2, -0.15) is 18.4 Å². The number of alkyl halides is 3. The fraction of sp³-hybridized carbons (Fsp3) is 0.364. The van der Waals surface area contributed by atoms with E-state index in [2.05, 4.69) is 5.32 Å². The molecule has 0 saturated heterocycles. The van der Waals surface area contributed by atoms with E-state index in [0.29, 0.717) is 12.1 Å². The highest BCUT2D eigenvalue weighted by Crippen LogP contribution is 2.34. The summed E-state index contributed by atoms with van der Waals surface area (Å²) in [5, 5.41) is 11.1. The fourth-order valence-corrected chi connectivity index (χ4v) is 1.87. The molecule has 110 valence electrons. The lowest BCUT2D eigenvalue weighted by Gasteiger charge is -2.13. The molecule has 9 heteroatoms. The van der Waals surface area contributed by atoms with Crippen LogP contribution in [0, 0.1) is 17.1 Å². The van der Waals surface area contributed by atoms with Crippen LogP contribution in [0.2, 0.25) is 0 Å². The van der Waals surface area contributed by atoms with Crippen LogP contribution in [0.3, 0.4) is 0 Å². The monoisotopic (exact) mass is 310 g/mol. The van der Waals surface area contributed by atoms with Crippen LogP contribution in [0.15, 0.2) is 12.1 Å². The molecule has 0 aliphatic carbocycles. The van der Waals surface area contributed by atoms with Gasteiger partial charge in [-0.3, -0.25) is 0 Å². The summed E-state index contributed by atoms with van der Waals surface area (Å²) < 4.78 is 72.6. The van der Waals surface area contributed by atoms with E-state index < -0.39 is 27.4 Å². The van der Waals surface area contributed by atoms with Gasteiger partial charge in [-0.25, -0.2) is 12.8 Å². The third-order valence-electron chi connectivity index (χ3n) is 2.32. The first-order valence-corrected chi connectivity index (χ1v) is 7.33. The standard InChI is InChI=1S/C11H10F4N2O2S/c1-20(18,19)3-2-17-10-5-8(11(13,14)15)9(12)4-7(10)6-16/h4-5,17H,2-3H2,1H3. The van der Waals surface area contributed by atoms with Gasteiger partial charge in [-0.05, 0) is 12.1 Å². The number of sulfone groups is 1. The molecule has 0 saturated carbocycles. The van der Waals surface area contributed by atoms with Gasteiger partial charge in [0.15, 0.2) is 0 Å². The number of nitrogens with one attached hydrogen (secondary N) is 1. The second-order valence-electron chi connectivity index (χ2n) is 4.04. The molecule has 0 fully saturated rings. The van der Waals surface area contributed by atoms with E-state index in [9.17, 15) is 26.0 Å². The first-order chi connectivity index (χ1) is 9.04. The minimum atomic E-state index is -4.90. The van der Waals surface area contributed by atoms with E-state index in [-0.39, 0.29) is 23.5 Å². The number of nitriles is 1. The molecule has 0 heterocycles. The molecule has 1 rings (SSSR count). The van der Waals surface area contributed by atoms with Gasteiger partial charge in [-0.15, -0.1) is 0 Å². The zero-order chi connectivity index (χ0) is 15.6. The summed E-state index contributed by atoms with van der Waals surface area (Å²) in [6.07, 6.45) is -3.93. The Morgan fingerprint density at radius 2 is 1.95 bits per heavy atom. The summed E-state index contributed by atoms with van der Waals surface area (Å²) in [5.41, 5.74) is -2.10. The molecule has 0 aliphatic rings. The van der Waals surface area contributed by atoms with Crippen molar-refractivity contribution in [1.29, 1.82) is 5.26 Å². The molecule has 1 aromatic rings. The van der Waals surface area contributed by atoms with Crippen molar-refractivity contribution >= 4 is 15.5 Å². The summed E-state index contributed by atoms with van der Waals surface area (Å²) in [6, 6.07) is 2.46. The first-order valence-electron chi connectivity index (χ1n) is 5.27. The molecule has 20 heavy (non-hydrogen) atoms. The van der Waals surface area contributed by atoms with E-state index in [1.807, 2.05) is 0 Å². The molecule has 0 aliphatic heterocycles. The Balaban J connectivity index is 3.09. The van der Waals surface area contributed by atoms with Crippen molar-refractivity contribution in [1.82, 2.24) is 0 Å². The maximum atomic E-state index is 13.2. The Kier molecular flexibility index (Phi) is 4.60. The van der Waals surface area contributed by atoms with Crippen LogP contribution in [0.25, 0.3) is 0 Å². The normalized spacial score (nSPS) is 12.0. The maximum absolute atomic E-state index is 13.2. The molecule has 0 spiro atoms. The van der Waals surface area contributed by atoms with E-state index in [4.69, 9.17) is 5.26 Å². The highest BCUT2D eigenvalue weighted by atomic mass is 32.2. The zero-order valence-corrected chi connectivity index (χ0v) is 11.1. The predicted octanol–water partition coefficient (Wildman–Crippen LogP) is 2.17. The molecule has 0 bridgehead atoms. The molecular weight excluding hydrogens is 300 g/mol. The van der Waals surface area contributed by atoms with Gasteiger partial charge in [0, 0.05) is 12.8 Å². The molecule has 0 aromatic heterocycles. The van der Waals surface area contributed by atoms with Crippen LogP contribution in [-0.2, 0) is 16.0 Å². The molecule has 0 amide bonds. The molecular formula is C11H10F4N2O2S. The second kappa shape index (κ2) is 5.66. The molecule has 1 aromatic carbocycles. The van der Waals surface area contributed by atoms with Gasteiger partial charge in [0.05, 0.1) is 22.6 Å². The van der Waals surface area contributed by atoms with Gasteiger partial charge < -0.3 is 5.32 Å². The lowest BCUT2D eigenvalue weighted by molar-refractivity contribution is -0.139. The van der Waals surface area contributed by atoms with Crippen molar-refractivity contribution < 1.29 is 26.0 Å². The van der Waals surface area contributed by atoms with Crippen molar-refractivity contribution in [3.8, 4) is 6.07 Å². The minimum Gasteiger partial charge on any atom is -0.383 e. The average molecular weight is 310 g/mol. The highest BCUT2D eigenvalue weighted by Gasteiger charge is 2.35. The van der Waals surface area contributed by atoms with Crippen LogP contribution >= 0.6 is 0 Å². The minimum absolute atomic E-state index is 0.184. The third-order valence-corrected chi connectivity index (χ3v) is 3.27. The Bertz CT molecular complexity index is 648. The fourth-order valence-electron chi connectivity index (χ4n) is 1.40. The Morgan fingerprint density at radius 3 is 2.40 bits per heavy atom. The topological polar surface area (TPSA) is 70.0 Å². The van der Waals surface area contributed by atoms with Crippen LogP contribution in [0.5, 0.6) is 0 Å². The van der Waals surface area contributed by atoms with Crippen molar-refractivity contribution in [3.05, 3.63) is 29.1 Å². The van der Waals surface area contributed by atoms with Crippen molar-refractivity contribution in [2.24, 2.45) is 0 Å². The van der Waals surface area contributed by atoms with Gasteiger partial charge in [0.1, 0.15) is 21.7 Å². The predicted molar refractivity (Wildman–Crippen MR) is 64.3 cm³/mol. The van der Waals surface area contributed by atoms with Gasteiger partial charge in [-0.1, -0.05) is 0 Å². The third kappa shape index (κ3) is 4.38. The van der Waals surface area contributed by atoms with Gasteiger partial charge in [0.2, 0.25) is 0 Å². The number of hydrogen-bond acceptors (Lipinski definition) is 4. The number of benzene rings is 1. The van der Waals surface area contributed by atoms with Gasteiger partial charge >= 0.3 is 6.18 Å². The summed E-state index contributed by atoms with van der Waals surface area (Å²) in [5.74, 6) is -1.88. The lowest BCUT2D eigenvalue weighted by Crippen LogP contribution is -2.16. The number of rotatable bonds is 4. The smallest absolute Gasteiger partial charge is 0.383 e. The Labute approximate surface area is 112 Å². The van der Waals surface area contributed by atoms with Gasteiger partial charge in [0.25, 0.3) is 0 Å². The Morgan fingerprint density at radius 1 is 1.35 bits per heavy atom. The van der Waals surface area contributed by atoms with Crippen molar-refractivity contribution in [2.45, 2.75) is 6.18 Å². The molecule has 1 N–H and O–H groups in total. The van der Waals surface area contributed by atoms with Crippen LogP contribution < -0.4 is 5.32 Å². The molecule has 0 radical (unpaired) electrons. The highest BCUT2D eigenvalue weighted by molar-refractivity contribution is 7.90. The number of halogens is 4.